The molecule has 2 rings (SSSR count). The summed E-state index contributed by atoms with van der Waals surface area (Å²) in [5.74, 6) is -0.0291. The molecule has 0 atom stereocenters. The van der Waals surface area contributed by atoms with Gasteiger partial charge in [0.05, 0.1) is 16.7 Å². The molecule has 0 fully saturated rings. The number of nitrogens with one attached hydrogen (secondary N) is 1. The molecule has 0 aliphatic carbocycles. The van der Waals surface area contributed by atoms with Gasteiger partial charge in [0, 0.05) is 16.8 Å². The lowest BCUT2D eigenvalue weighted by atomic mass is 10.1. The first-order valence-electron chi connectivity index (χ1n) is 6.96. The average molecular weight is 352 g/mol. The van der Waals surface area contributed by atoms with Crippen LogP contribution in [0, 0.1) is 0 Å². The third kappa shape index (κ3) is 4.24. The number of benzene rings is 2. The highest BCUT2D eigenvalue weighted by atomic mass is 35.5. The van der Waals surface area contributed by atoms with Gasteiger partial charge in [0.1, 0.15) is 0 Å². The average Bonchev–Trinajstić information content (AvgIpc) is 2.51. The van der Waals surface area contributed by atoms with E-state index in [1.807, 2.05) is 6.92 Å². The molecule has 0 unspecified atom stereocenters. The second-order valence-electron chi connectivity index (χ2n) is 4.79. The van der Waals surface area contributed by atoms with Crippen molar-refractivity contribution >= 4 is 40.6 Å². The zero-order chi connectivity index (χ0) is 17.0. The van der Waals surface area contributed by atoms with Crippen molar-refractivity contribution in [1.29, 1.82) is 0 Å². The van der Waals surface area contributed by atoms with Gasteiger partial charge in [0.15, 0.2) is 11.5 Å². The number of anilines is 1. The van der Waals surface area contributed by atoms with Crippen LogP contribution in [-0.2, 0) is 0 Å². The summed E-state index contributed by atoms with van der Waals surface area (Å²) >= 11 is 12.2. The Hall–Kier alpha value is -2.04. The maximum Gasteiger partial charge on any atom is 0.255 e. The van der Waals surface area contributed by atoms with Gasteiger partial charge >= 0.3 is 0 Å². The number of carbonyl (C=O) groups is 2. The van der Waals surface area contributed by atoms with Crippen molar-refractivity contribution in [2.75, 3.05) is 11.9 Å². The molecule has 1 N–H and O–H groups in total. The maximum atomic E-state index is 12.3. The van der Waals surface area contributed by atoms with Crippen molar-refractivity contribution in [2.24, 2.45) is 0 Å². The molecule has 0 bridgehead atoms. The van der Waals surface area contributed by atoms with E-state index in [9.17, 15) is 9.59 Å². The van der Waals surface area contributed by atoms with Crippen molar-refractivity contribution < 1.29 is 14.3 Å². The van der Waals surface area contributed by atoms with Crippen LogP contribution in [0.15, 0.2) is 36.4 Å². The van der Waals surface area contributed by atoms with Gasteiger partial charge in [-0.05, 0) is 50.2 Å². The summed E-state index contributed by atoms with van der Waals surface area (Å²) in [6.07, 6.45) is 0. The number of Topliss-reactive ketones (excluding diaryl/α,β-unsaturated/α-hetero) is 1. The van der Waals surface area contributed by atoms with Crippen molar-refractivity contribution in [2.45, 2.75) is 13.8 Å². The number of amides is 1. The smallest absolute Gasteiger partial charge is 0.255 e. The highest BCUT2D eigenvalue weighted by Gasteiger charge is 2.14. The van der Waals surface area contributed by atoms with Gasteiger partial charge in [-0.2, -0.15) is 0 Å². The molecule has 0 aliphatic heterocycles. The van der Waals surface area contributed by atoms with Crippen molar-refractivity contribution in [3.05, 3.63) is 57.6 Å². The standard InChI is InChI=1S/C17H15Cl2NO3/c1-3-23-16-14(18)8-12(9-15(16)19)17(22)20-13-6-4-11(5-7-13)10(2)21/h4-9H,3H2,1-2H3,(H,20,22). The van der Waals surface area contributed by atoms with Crippen LogP contribution in [0.5, 0.6) is 5.75 Å². The quantitative estimate of drug-likeness (QED) is 0.783. The Labute approximate surface area is 144 Å². The zero-order valence-corrected chi connectivity index (χ0v) is 14.2. The molecule has 0 heterocycles. The van der Waals surface area contributed by atoms with E-state index in [1.54, 1.807) is 24.3 Å². The van der Waals surface area contributed by atoms with Crippen LogP contribution in [0.3, 0.4) is 0 Å². The maximum absolute atomic E-state index is 12.3. The molecule has 0 saturated carbocycles. The first kappa shape index (κ1) is 17.3. The lowest BCUT2D eigenvalue weighted by molar-refractivity contribution is 0.101. The lowest BCUT2D eigenvalue weighted by Gasteiger charge is -2.11. The first-order valence-corrected chi connectivity index (χ1v) is 7.72. The molecule has 23 heavy (non-hydrogen) atoms. The summed E-state index contributed by atoms with van der Waals surface area (Å²) in [7, 11) is 0. The highest BCUT2D eigenvalue weighted by molar-refractivity contribution is 6.37. The van der Waals surface area contributed by atoms with Crippen LogP contribution in [0.4, 0.5) is 5.69 Å². The molecule has 2 aromatic rings. The van der Waals surface area contributed by atoms with Crippen molar-refractivity contribution in [1.82, 2.24) is 0 Å². The minimum absolute atomic E-state index is 0.0343. The van der Waals surface area contributed by atoms with Gasteiger partial charge < -0.3 is 10.1 Å². The molecule has 120 valence electrons. The van der Waals surface area contributed by atoms with E-state index in [2.05, 4.69) is 5.32 Å². The van der Waals surface area contributed by atoms with E-state index in [0.717, 1.165) is 0 Å². The van der Waals surface area contributed by atoms with Gasteiger partial charge in [0.2, 0.25) is 0 Å². The molecule has 1 amide bonds. The third-order valence-electron chi connectivity index (χ3n) is 3.10. The predicted molar refractivity (Wildman–Crippen MR) is 92.0 cm³/mol. The fourth-order valence-corrected chi connectivity index (χ4v) is 2.56. The number of hydrogen-bond acceptors (Lipinski definition) is 3. The van der Waals surface area contributed by atoms with Gasteiger partial charge in [-0.3, -0.25) is 9.59 Å². The Morgan fingerprint density at radius 3 is 2.09 bits per heavy atom. The first-order chi connectivity index (χ1) is 10.9. The van der Waals surface area contributed by atoms with E-state index >= 15 is 0 Å². The van der Waals surface area contributed by atoms with Gasteiger partial charge in [-0.15, -0.1) is 0 Å². The van der Waals surface area contributed by atoms with Crippen LogP contribution in [-0.4, -0.2) is 18.3 Å². The largest absolute Gasteiger partial charge is 0.491 e. The van der Waals surface area contributed by atoms with Gasteiger partial charge in [0.25, 0.3) is 5.91 Å². The SMILES string of the molecule is CCOc1c(Cl)cc(C(=O)Nc2ccc(C(C)=O)cc2)cc1Cl. The zero-order valence-electron chi connectivity index (χ0n) is 12.7. The third-order valence-corrected chi connectivity index (χ3v) is 3.66. The number of hydrogen-bond donors (Lipinski definition) is 1. The molecular formula is C17H15Cl2NO3. The molecule has 0 aromatic heterocycles. The minimum Gasteiger partial charge on any atom is -0.491 e. The van der Waals surface area contributed by atoms with E-state index in [0.29, 0.717) is 29.2 Å². The number of rotatable bonds is 5. The lowest BCUT2D eigenvalue weighted by Crippen LogP contribution is -2.12. The summed E-state index contributed by atoms with van der Waals surface area (Å²) in [6.45, 7) is 3.73. The molecule has 0 saturated heterocycles. The molecule has 2 aromatic carbocycles. The molecule has 6 heteroatoms. The topological polar surface area (TPSA) is 55.4 Å². The molecule has 0 aliphatic rings. The van der Waals surface area contributed by atoms with E-state index < -0.39 is 0 Å². The predicted octanol–water partition coefficient (Wildman–Crippen LogP) is 4.85. The Balaban J connectivity index is 2.19. The van der Waals surface area contributed by atoms with Crippen LogP contribution in [0.2, 0.25) is 10.0 Å². The van der Waals surface area contributed by atoms with Crippen molar-refractivity contribution in [3.63, 3.8) is 0 Å². The second-order valence-corrected chi connectivity index (χ2v) is 5.60. The Bertz CT molecular complexity index is 719. The molecule has 4 nitrogen and oxygen atoms in total. The Morgan fingerprint density at radius 2 is 1.61 bits per heavy atom. The fraction of sp³-hybridized carbons (Fsp3) is 0.176. The van der Waals surface area contributed by atoms with E-state index in [4.69, 9.17) is 27.9 Å². The molecule has 0 spiro atoms. The minimum atomic E-state index is -0.354. The van der Waals surface area contributed by atoms with E-state index in [1.165, 1.54) is 19.1 Å². The van der Waals surface area contributed by atoms with Gasteiger partial charge in [-0.1, -0.05) is 23.2 Å². The van der Waals surface area contributed by atoms with Crippen LogP contribution >= 0.6 is 23.2 Å². The molecule has 0 radical (unpaired) electrons. The summed E-state index contributed by atoms with van der Waals surface area (Å²) < 4.78 is 5.33. The number of carbonyl (C=O) groups excluding carboxylic acids is 2. The van der Waals surface area contributed by atoms with Crippen LogP contribution < -0.4 is 10.1 Å². The fourth-order valence-electron chi connectivity index (χ4n) is 1.96. The summed E-state index contributed by atoms with van der Waals surface area (Å²) in [4.78, 5) is 23.5. The summed E-state index contributed by atoms with van der Waals surface area (Å²) in [5.41, 5.74) is 1.47. The highest BCUT2D eigenvalue weighted by Crippen LogP contribution is 2.34. The Kier molecular flexibility index (Phi) is 5.64. The van der Waals surface area contributed by atoms with Gasteiger partial charge in [-0.25, -0.2) is 0 Å². The second kappa shape index (κ2) is 7.49. The Morgan fingerprint density at radius 1 is 1.04 bits per heavy atom. The van der Waals surface area contributed by atoms with Crippen LogP contribution in [0.1, 0.15) is 34.6 Å². The summed E-state index contributed by atoms with van der Waals surface area (Å²) in [5, 5.41) is 3.27. The monoisotopic (exact) mass is 351 g/mol. The number of ether oxygens (including phenoxy) is 1. The number of ketones is 1. The summed E-state index contributed by atoms with van der Waals surface area (Å²) in [6, 6.07) is 9.61. The number of halogens is 2. The van der Waals surface area contributed by atoms with Crippen molar-refractivity contribution in [3.8, 4) is 5.75 Å². The van der Waals surface area contributed by atoms with E-state index in [-0.39, 0.29) is 21.7 Å². The van der Waals surface area contributed by atoms with Crippen LogP contribution in [0.25, 0.3) is 0 Å². The normalized spacial score (nSPS) is 10.3. The molecular weight excluding hydrogens is 337 g/mol.